The van der Waals surface area contributed by atoms with Crippen molar-refractivity contribution in [3.05, 3.63) is 0 Å². The lowest BCUT2D eigenvalue weighted by atomic mass is 10.0. The SMILES string of the molecule is CC(C)[C@H](N)C(=O)N[C@@H](CS)C(=O)N[C@H](C(=O)O)C(C)C. The molecule has 8 heteroatoms. The first kappa shape index (κ1) is 19.7. The molecule has 0 aromatic heterocycles. The summed E-state index contributed by atoms with van der Waals surface area (Å²) in [6.07, 6.45) is 0. The van der Waals surface area contributed by atoms with Gasteiger partial charge in [0.15, 0.2) is 0 Å². The van der Waals surface area contributed by atoms with Crippen LogP contribution < -0.4 is 16.4 Å². The molecule has 0 rings (SSSR count). The van der Waals surface area contributed by atoms with Crippen LogP contribution in [-0.4, -0.2) is 46.8 Å². The van der Waals surface area contributed by atoms with E-state index in [0.717, 1.165) is 0 Å². The largest absolute Gasteiger partial charge is 0.480 e. The minimum Gasteiger partial charge on any atom is -0.480 e. The monoisotopic (exact) mass is 319 g/mol. The summed E-state index contributed by atoms with van der Waals surface area (Å²) in [4.78, 5) is 35.0. The number of carbonyl (C=O) groups is 3. The maximum absolute atomic E-state index is 12.0. The zero-order valence-electron chi connectivity index (χ0n) is 12.8. The van der Waals surface area contributed by atoms with E-state index in [1.807, 2.05) is 0 Å². The van der Waals surface area contributed by atoms with E-state index in [2.05, 4.69) is 23.3 Å². The third-order valence-electron chi connectivity index (χ3n) is 3.07. The first-order chi connectivity index (χ1) is 9.61. The number of nitrogens with one attached hydrogen (secondary N) is 2. The van der Waals surface area contributed by atoms with Gasteiger partial charge >= 0.3 is 5.97 Å². The summed E-state index contributed by atoms with van der Waals surface area (Å²) in [5, 5.41) is 13.9. The average Bonchev–Trinajstić information content (AvgIpc) is 2.39. The zero-order chi connectivity index (χ0) is 16.7. The Morgan fingerprint density at radius 2 is 1.57 bits per heavy atom. The van der Waals surface area contributed by atoms with E-state index in [0.29, 0.717) is 0 Å². The molecule has 5 N–H and O–H groups in total. The van der Waals surface area contributed by atoms with E-state index in [-0.39, 0.29) is 17.6 Å². The molecule has 0 saturated heterocycles. The highest BCUT2D eigenvalue weighted by Gasteiger charge is 2.29. The molecule has 21 heavy (non-hydrogen) atoms. The van der Waals surface area contributed by atoms with Crippen molar-refractivity contribution in [1.82, 2.24) is 10.6 Å². The molecule has 0 spiro atoms. The summed E-state index contributed by atoms with van der Waals surface area (Å²) < 4.78 is 0. The number of nitrogens with two attached hydrogens (primary N) is 1. The van der Waals surface area contributed by atoms with Crippen molar-refractivity contribution in [3.8, 4) is 0 Å². The second-order valence-electron chi connectivity index (χ2n) is 5.58. The van der Waals surface area contributed by atoms with Crippen molar-refractivity contribution >= 4 is 30.4 Å². The Kier molecular flexibility index (Phi) is 8.34. The van der Waals surface area contributed by atoms with E-state index in [1.165, 1.54) is 0 Å². The predicted octanol–water partition coefficient (Wildman–Crippen LogP) is -0.390. The van der Waals surface area contributed by atoms with Gasteiger partial charge in [-0.1, -0.05) is 27.7 Å². The van der Waals surface area contributed by atoms with Crippen LogP contribution in [0.25, 0.3) is 0 Å². The second-order valence-corrected chi connectivity index (χ2v) is 5.95. The van der Waals surface area contributed by atoms with Crippen LogP contribution in [0.5, 0.6) is 0 Å². The van der Waals surface area contributed by atoms with Crippen molar-refractivity contribution in [1.29, 1.82) is 0 Å². The van der Waals surface area contributed by atoms with Crippen molar-refractivity contribution < 1.29 is 19.5 Å². The number of hydrogen-bond donors (Lipinski definition) is 5. The number of carboxylic acids is 1. The van der Waals surface area contributed by atoms with Crippen LogP contribution in [0.4, 0.5) is 0 Å². The van der Waals surface area contributed by atoms with Gasteiger partial charge in [-0.05, 0) is 11.8 Å². The van der Waals surface area contributed by atoms with Crippen LogP contribution in [0.3, 0.4) is 0 Å². The molecule has 0 aromatic carbocycles. The summed E-state index contributed by atoms with van der Waals surface area (Å²) in [5.41, 5.74) is 5.70. The number of carbonyl (C=O) groups excluding carboxylic acids is 2. The Bertz CT molecular complexity index is 388. The number of hydrogen-bond acceptors (Lipinski definition) is 5. The van der Waals surface area contributed by atoms with Gasteiger partial charge < -0.3 is 21.5 Å². The van der Waals surface area contributed by atoms with Gasteiger partial charge in [0.2, 0.25) is 11.8 Å². The Balaban J connectivity index is 4.76. The molecular weight excluding hydrogens is 294 g/mol. The highest BCUT2D eigenvalue weighted by atomic mass is 32.1. The molecule has 3 atom stereocenters. The minimum atomic E-state index is -1.12. The third kappa shape index (κ3) is 6.34. The van der Waals surface area contributed by atoms with E-state index >= 15 is 0 Å². The summed E-state index contributed by atoms with van der Waals surface area (Å²) >= 11 is 4.01. The molecule has 0 heterocycles. The van der Waals surface area contributed by atoms with Crippen molar-refractivity contribution in [2.75, 3.05) is 5.75 Å². The minimum absolute atomic E-state index is 0.0484. The summed E-state index contributed by atoms with van der Waals surface area (Å²) in [7, 11) is 0. The Morgan fingerprint density at radius 3 is 1.90 bits per heavy atom. The number of amides is 2. The van der Waals surface area contributed by atoms with Crippen LogP contribution in [-0.2, 0) is 14.4 Å². The van der Waals surface area contributed by atoms with Crippen molar-refractivity contribution in [2.45, 2.75) is 45.8 Å². The predicted molar refractivity (Wildman–Crippen MR) is 83.0 cm³/mol. The highest BCUT2D eigenvalue weighted by Crippen LogP contribution is 2.04. The first-order valence-corrected chi connectivity index (χ1v) is 7.45. The molecule has 0 aliphatic rings. The number of carboxylic acid groups (broad SMARTS) is 1. The normalized spacial score (nSPS) is 15.4. The molecule has 0 radical (unpaired) electrons. The molecule has 0 bridgehead atoms. The molecule has 0 aliphatic carbocycles. The second kappa shape index (κ2) is 8.89. The smallest absolute Gasteiger partial charge is 0.326 e. The highest BCUT2D eigenvalue weighted by molar-refractivity contribution is 7.80. The van der Waals surface area contributed by atoms with Crippen LogP contribution in [0.15, 0.2) is 0 Å². The fourth-order valence-corrected chi connectivity index (χ4v) is 1.79. The zero-order valence-corrected chi connectivity index (χ0v) is 13.7. The van der Waals surface area contributed by atoms with Gasteiger partial charge in [0.25, 0.3) is 0 Å². The first-order valence-electron chi connectivity index (χ1n) is 6.81. The molecule has 0 saturated carbocycles. The lowest BCUT2D eigenvalue weighted by molar-refractivity contribution is -0.143. The van der Waals surface area contributed by atoms with Crippen LogP contribution in [0.1, 0.15) is 27.7 Å². The lowest BCUT2D eigenvalue weighted by Crippen LogP contribution is -2.56. The molecular formula is C13H25N3O4S. The molecule has 0 fully saturated rings. The van der Waals surface area contributed by atoms with Gasteiger partial charge in [0, 0.05) is 5.75 Å². The Morgan fingerprint density at radius 1 is 1.05 bits per heavy atom. The van der Waals surface area contributed by atoms with Crippen LogP contribution in [0.2, 0.25) is 0 Å². The van der Waals surface area contributed by atoms with E-state index in [9.17, 15) is 14.4 Å². The average molecular weight is 319 g/mol. The quantitative estimate of drug-likeness (QED) is 0.390. The standard InChI is InChI=1S/C13H25N3O4S/c1-6(2)9(14)12(18)15-8(5-21)11(17)16-10(7(3)4)13(19)20/h6-10,21H,5,14H2,1-4H3,(H,15,18)(H,16,17)(H,19,20)/t8-,9-,10-/m0/s1. The maximum Gasteiger partial charge on any atom is 0.326 e. The lowest BCUT2D eigenvalue weighted by Gasteiger charge is -2.24. The molecule has 0 aromatic rings. The molecule has 122 valence electrons. The van der Waals surface area contributed by atoms with Gasteiger partial charge in [-0.2, -0.15) is 12.6 Å². The fraction of sp³-hybridized carbons (Fsp3) is 0.769. The fourth-order valence-electron chi connectivity index (χ4n) is 1.53. The number of thiol groups is 1. The maximum atomic E-state index is 12.0. The van der Waals surface area contributed by atoms with Crippen molar-refractivity contribution in [2.24, 2.45) is 17.6 Å². The van der Waals surface area contributed by atoms with Gasteiger partial charge in [-0.3, -0.25) is 9.59 Å². The Hall–Kier alpha value is -1.28. The Labute approximate surface area is 130 Å². The van der Waals surface area contributed by atoms with Gasteiger partial charge in [-0.25, -0.2) is 4.79 Å². The summed E-state index contributed by atoms with van der Waals surface area (Å²) in [5.74, 6) is -2.48. The summed E-state index contributed by atoms with van der Waals surface area (Å²) in [6.45, 7) is 6.95. The molecule has 0 aliphatic heterocycles. The van der Waals surface area contributed by atoms with Crippen LogP contribution in [0, 0.1) is 11.8 Å². The topological polar surface area (TPSA) is 122 Å². The molecule has 7 nitrogen and oxygen atoms in total. The van der Waals surface area contributed by atoms with Gasteiger partial charge in [0.1, 0.15) is 12.1 Å². The van der Waals surface area contributed by atoms with Gasteiger partial charge in [-0.15, -0.1) is 0 Å². The van der Waals surface area contributed by atoms with E-state index in [1.54, 1.807) is 27.7 Å². The van der Waals surface area contributed by atoms with E-state index < -0.39 is 35.9 Å². The van der Waals surface area contributed by atoms with E-state index in [4.69, 9.17) is 10.8 Å². The molecule has 0 unspecified atom stereocenters. The van der Waals surface area contributed by atoms with Crippen LogP contribution >= 0.6 is 12.6 Å². The summed E-state index contributed by atoms with van der Waals surface area (Å²) in [6, 6.07) is -2.68. The number of aliphatic carboxylic acids is 1. The van der Waals surface area contributed by atoms with Crippen molar-refractivity contribution in [3.63, 3.8) is 0 Å². The third-order valence-corrected chi connectivity index (χ3v) is 3.43. The number of rotatable bonds is 8. The van der Waals surface area contributed by atoms with Gasteiger partial charge in [0.05, 0.1) is 6.04 Å². The molecule has 2 amide bonds.